The summed E-state index contributed by atoms with van der Waals surface area (Å²) in [5.41, 5.74) is 0. The second-order valence-electron chi connectivity index (χ2n) is 5.33. The number of piperazine rings is 1. The highest BCUT2D eigenvalue weighted by Crippen LogP contribution is 2.30. The number of sulfonamides is 1. The van der Waals surface area contributed by atoms with Gasteiger partial charge >= 0.3 is 0 Å². The average molecular weight is 340 g/mol. The number of nitrogens with one attached hydrogen (secondary N) is 1. The number of hydrogen-bond acceptors (Lipinski definition) is 5. The Hall–Kier alpha value is -1.82. The van der Waals surface area contributed by atoms with Crippen molar-refractivity contribution in [3.63, 3.8) is 0 Å². The molecule has 1 heterocycles. The zero-order valence-corrected chi connectivity index (χ0v) is 14.2. The van der Waals surface area contributed by atoms with E-state index >= 15 is 0 Å². The highest BCUT2D eigenvalue weighted by atomic mass is 32.2. The Morgan fingerprint density at radius 1 is 1.22 bits per heavy atom. The zero-order chi connectivity index (χ0) is 16.9. The maximum atomic E-state index is 12.7. The number of rotatable bonds is 6. The molecule has 126 valence electrons. The fourth-order valence-corrected chi connectivity index (χ4v) is 4.11. The summed E-state index contributed by atoms with van der Waals surface area (Å²) in [5, 5.41) is 8.63. The number of nitrogens with zero attached hydrogens (tertiary/aromatic N) is 2. The summed E-state index contributed by atoms with van der Waals surface area (Å²) in [4.78, 5) is 1.47. The van der Waals surface area contributed by atoms with Crippen molar-refractivity contribution in [3.8, 4) is 17.6 Å². The van der Waals surface area contributed by atoms with E-state index in [4.69, 9.17) is 14.7 Å². The maximum Gasteiger partial charge on any atom is 0.243 e. The van der Waals surface area contributed by atoms with Crippen molar-refractivity contribution in [2.24, 2.45) is 0 Å². The van der Waals surface area contributed by atoms with Crippen LogP contribution in [0.15, 0.2) is 23.1 Å². The molecule has 0 spiro atoms. The van der Waals surface area contributed by atoms with Gasteiger partial charge in [0.2, 0.25) is 10.0 Å². The van der Waals surface area contributed by atoms with E-state index in [0.29, 0.717) is 44.1 Å². The number of nitriles is 1. The fraction of sp³-hybridized carbons (Fsp3) is 0.533. The largest absolute Gasteiger partial charge is 0.493 e. The monoisotopic (exact) mass is 340 g/mol. The van der Waals surface area contributed by atoms with E-state index in [0.717, 1.165) is 6.54 Å². The molecule has 1 N–H and O–H groups in total. The Kier molecular flexibility index (Phi) is 5.82. The number of methoxy groups -OCH3 is 2. The summed E-state index contributed by atoms with van der Waals surface area (Å²) in [6.07, 6.45) is 0.498. The predicted octanol–water partition coefficient (Wildman–Crippen LogP) is -0.493. The molecule has 8 heteroatoms. The lowest BCUT2D eigenvalue weighted by molar-refractivity contribution is -0.903. The molecule has 1 fully saturated rings. The summed E-state index contributed by atoms with van der Waals surface area (Å²) in [6.45, 7) is 3.11. The van der Waals surface area contributed by atoms with Gasteiger partial charge in [-0.05, 0) is 12.1 Å². The van der Waals surface area contributed by atoms with Crippen LogP contribution in [-0.2, 0) is 10.0 Å². The van der Waals surface area contributed by atoms with Gasteiger partial charge in [0, 0.05) is 6.07 Å². The number of ether oxygens (including phenoxy) is 2. The third-order valence-electron chi connectivity index (χ3n) is 4.01. The Balaban J connectivity index is 2.12. The minimum Gasteiger partial charge on any atom is -0.493 e. The summed E-state index contributed by atoms with van der Waals surface area (Å²) < 4.78 is 37.3. The highest BCUT2D eigenvalue weighted by Gasteiger charge is 2.30. The van der Waals surface area contributed by atoms with Crippen LogP contribution < -0.4 is 14.4 Å². The standard InChI is InChI=1S/C15H21N3O4S/c1-21-14-5-4-13(12-15(14)22-2)23(19,20)18-10-8-17(9-11-18)7-3-6-16/h4-5,12H,3,7-11H2,1-2H3/p+1. The van der Waals surface area contributed by atoms with E-state index in [1.54, 1.807) is 6.07 Å². The smallest absolute Gasteiger partial charge is 0.243 e. The number of hydrogen-bond donors (Lipinski definition) is 1. The van der Waals surface area contributed by atoms with Gasteiger partial charge in [-0.25, -0.2) is 8.42 Å². The van der Waals surface area contributed by atoms with Crippen LogP contribution in [0.1, 0.15) is 6.42 Å². The quantitative estimate of drug-likeness (QED) is 0.755. The van der Waals surface area contributed by atoms with Crippen molar-refractivity contribution in [1.82, 2.24) is 4.31 Å². The first-order valence-electron chi connectivity index (χ1n) is 7.45. The van der Waals surface area contributed by atoms with Crippen LogP contribution in [0.3, 0.4) is 0 Å². The molecule has 0 aliphatic carbocycles. The SMILES string of the molecule is COc1ccc(S(=O)(=O)N2CC[NH+](CCC#N)CC2)cc1OC. The molecule has 0 bridgehead atoms. The second-order valence-corrected chi connectivity index (χ2v) is 7.27. The summed E-state index contributed by atoms with van der Waals surface area (Å²) in [5.74, 6) is 0.893. The van der Waals surface area contributed by atoms with Gasteiger partial charge in [0.1, 0.15) is 0 Å². The van der Waals surface area contributed by atoms with Crippen molar-refractivity contribution in [2.45, 2.75) is 11.3 Å². The Morgan fingerprint density at radius 2 is 1.87 bits per heavy atom. The Bertz CT molecular complexity index is 676. The van der Waals surface area contributed by atoms with E-state index in [2.05, 4.69) is 6.07 Å². The molecule has 1 aliphatic rings. The van der Waals surface area contributed by atoms with Crippen LogP contribution in [0.4, 0.5) is 0 Å². The maximum absolute atomic E-state index is 12.7. The van der Waals surface area contributed by atoms with E-state index in [-0.39, 0.29) is 4.90 Å². The molecule has 2 rings (SSSR count). The molecule has 0 amide bonds. The summed E-state index contributed by atoms with van der Waals surface area (Å²) in [7, 11) is -0.557. The Morgan fingerprint density at radius 3 is 2.43 bits per heavy atom. The molecule has 1 aromatic carbocycles. The van der Waals surface area contributed by atoms with Crippen LogP contribution in [0.5, 0.6) is 11.5 Å². The lowest BCUT2D eigenvalue weighted by Gasteiger charge is -2.31. The van der Waals surface area contributed by atoms with Crippen LogP contribution >= 0.6 is 0 Å². The summed E-state index contributed by atoms with van der Waals surface area (Å²) >= 11 is 0. The third kappa shape index (κ3) is 3.93. The molecule has 1 aromatic rings. The molecule has 0 aromatic heterocycles. The summed E-state index contributed by atoms with van der Waals surface area (Å²) in [6, 6.07) is 6.75. The van der Waals surface area contributed by atoms with Gasteiger partial charge in [-0.2, -0.15) is 9.57 Å². The van der Waals surface area contributed by atoms with Gasteiger partial charge < -0.3 is 14.4 Å². The van der Waals surface area contributed by atoms with Gasteiger partial charge in [-0.3, -0.25) is 0 Å². The third-order valence-corrected chi connectivity index (χ3v) is 5.91. The molecule has 1 saturated heterocycles. The van der Waals surface area contributed by atoms with Crippen LogP contribution in [0.25, 0.3) is 0 Å². The number of benzene rings is 1. The Labute approximate surface area is 137 Å². The molecule has 23 heavy (non-hydrogen) atoms. The lowest BCUT2D eigenvalue weighted by atomic mass is 10.3. The van der Waals surface area contributed by atoms with Crippen molar-refractivity contribution in [1.29, 1.82) is 5.26 Å². The highest BCUT2D eigenvalue weighted by molar-refractivity contribution is 7.89. The van der Waals surface area contributed by atoms with Crippen molar-refractivity contribution < 1.29 is 22.8 Å². The molecule has 0 atom stereocenters. The van der Waals surface area contributed by atoms with Crippen LogP contribution in [0, 0.1) is 11.3 Å². The molecule has 7 nitrogen and oxygen atoms in total. The zero-order valence-electron chi connectivity index (χ0n) is 13.4. The average Bonchev–Trinajstić information content (AvgIpc) is 2.59. The van der Waals surface area contributed by atoms with Crippen LogP contribution in [-0.4, -0.2) is 59.7 Å². The minimum atomic E-state index is -3.54. The first-order valence-corrected chi connectivity index (χ1v) is 8.89. The molecular weight excluding hydrogens is 318 g/mol. The van der Waals surface area contributed by atoms with Gasteiger partial charge in [-0.15, -0.1) is 0 Å². The van der Waals surface area contributed by atoms with Crippen LogP contribution in [0.2, 0.25) is 0 Å². The van der Waals surface area contributed by atoms with E-state index in [1.807, 2.05) is 0 Å². The molecule has 1 aliphatic heterocycles. The first-order chi connectivity index (χ1) is 11.0. The van der Waals surface area contributed by atoms with E-state index in [9.17, 15) is 8.42 Å². The minimum absolute atomic E-state index is 0.204. The molecule has 0 unspecified atom stereocenters. The topological polar surface area (TPSA) is 84.1 Å². The number of quaternary nitrogens is 1. The van der Waals surface area contributed by atoms with Crippen molar-refractivity contribution in [3.05, 3.63) is 18.2 Å². The fourth-order valence-electron chi connectivity index (χ4n) is 2.65. The molecular formula is C15H22N3O4S+. The molecule has 0 saturated carbocycles. The lowest BCUT2D eigenvalue weighted by Crippen LogP contribution is -3.14. The van der Waals surface area contributed by atoms with Crippen molar-refractivity contribution in [2.75, 3.05) is 46.9 Å². The van der Waals surface area contributed by atoms with Gasteiger partial charge in [0.15, 0.2) is 11.5 Å². The normalized spacial score (nSPS) is 16.7. The van der Waals surface area contributed by atoms with E-state index in [1.165, 1.54) is 35.6 Å². The predicted molar refractivity (Wildman–Crippen MR) is 84.1 cm³/mol. The van der Waals surface area contributed by atoms with Gasteiger partial charge in [0.05, 0.1) is 64.3 Å². The van der Waals surface area contributed by atoms with Gasteiger partial charge in [0.25, 0.3) is 0 Å². The first kappa shape index (κ1) is 17.5. The van der Waals surface area contributed by atoms with Crippen molar-refractivity contribution >= 4 is 10.0 Å². The van der Waals surface area contributed by atoms with E-state index < -0.39 is 10.0 Å². The van der Waals surface area contributed by atoms with Gasteiger partial charge in [-0.1, -0.05) is 0 Å². The molecule has 0 radical (unpaired) electrons. The second kappa shape index (κ2) is 7.64.